The third-order valence-corrected chi connectivity index (χ3v) is 3.20. The topological polar surface area (TPSA) is 54.2 Å². The molecule has 0 aliphatic carbocycles. The molecule has 0 spiro atoms. The highest BCUT2D eigenvalue weighted by Crippen LogP contribution is 2.12. The van der Waals surface area contributed by atoms with E-state index in [-0.39, 0.29) is 0 Å². The first-order valence-corrected chi connectivity index (χ1v) is 6.67. The normalized spacial score (nSPS) is 11.8. The summed E-state index contributed by atoms with van der Waals surface area (Å²) in [5.41, 5.74) is 0.681. The Hall–Kier alpha value is -2.82. The minimum Gasteiger partial charge on any atom is -0.453 e. The Morgan fingerprint density at radius 1 is 1.24 bits per heavy atom. The molecule has 0 aliphatic rings. The van der Waals surface area contributed by atoms with E-state index in [2.05, 4.69) is 4.98 Å². The van der Waals surface area contributed by atoms with Crippen molar-refractivity contribution in [3.05, 3.63) is 72.2 Å². The van der Waals surface area contributed by atoms with E-state index in [4.69, 9.17) is 4.42 Å². The number of benzene rings is 1. The third kappa shape index (κ3) is 3.02. The molecule has 0 atom stereocenters. The van der Waals surface area contributed by atoms with Gasteiger partial charge in [-0.1, -0.05) is 18.2 Å². The van der Waals surface area contributed by atoms with Crippen molar-refractivity contribution in [1.29, 1.82) is 0 Å². The number of furan rings is 1. The van der Waals surface area contributed by atoms with Gasteiger partial charge in [0.15, 0.2) is 5.76 Å². The van der Waals surface area contributed by atoms with Gasteiger partial charge in [-0.2, -0.15) is 0 Å². The predicted octanol–water partition coefficient (Wildman–Crippen LogP) is 2.99. The van der Waals surface area contributed by atoms with E-state index in [0.29, 0.717) is 18.0 Å². The quantitative estimate of drug-likeness (QED) is 0.346. The molecule has 5 nitrogen and oxygen atoms in total. The molecular weight excluding hydrogens is 266 g/mol. The molecule has 0 unspecified atom stereocenters. The Morgan fingerprint density at radius 2 is 2.05 bits per heavy atom. The van der Waals surface area contributed by atoms with Gasteiger partial charge in [-0.3, -0.25) is 5.21 Å². The Bertz CT molecular complexity index is 757. The summed E-state index contributed by atoms with van der Waals surface area (Å²) in [5.74, 6) is 2.34. The highest BCUT2D eigenvalue weighted by atomic mass is 16.5. The standard InChI is InChI=1S/C16H16N3O2/c1-13-17-9-10-18(13)11-15-7-8-16(21-15)12-19(20)14-5-3-2-4-6-14/h2-10,12,20H,11H2,1H3/q+1/b19-12-. The van der Waals surface area contributed by atoms with Gasteiger partial charge >= 0.3 is 0 Å². The van der Waals surface area contributed by atoms with Crippen LogP contribution in [-0.4, -0.2) is 25.7 Å². The molecule has 0 bridgehead atoms. The summed E-state index contributed by atoms with van der Waals surface area (Å²) in [5, 5.41) is 9.99. The van der Waals surface area contributed by atoms with Crippen molar-refractivity contribution in [1.82, 2.24) is 9.55 Å². The van der Waals surface area contributed by atoms with Gasteiger partial charge < -0.3 is 8.98 Å². The van der Waals surface area contributed by atoms with E-state index in [9.17, 15) is 5.21 Å². The maximum absolute atomic E-state index is 9.99. The average molecular weight is 282 g/mol. The molecule has 3 aromatic rings. The minimum absolute atomic E-state index is 0.592. The second-order valence-corrected chi connectivity index (χ2v) is 4.72. The number of para-hydroxylation sites is 1. The maximum atomic E-state index is 9.99. The van der Waals surface area contributed by atoms with E-state index in [1.807, 2.05) is 60.2 Å². The van der Waals surface area contributed by atoms with Gasteiger partial charge in [-0.15, -0.1) is 0 Å². The SMILES string of the molecule is Cc1nccn1Cc1ccc(/C=[N+](\O)c2ccccc2)o1. The van der Waals surface area contributed by atoms with Crippen LogP contribution >= 0.6 is 0 Å². The van der Waals surface area contributed by atoms with Gasteiger partial charge in [0.05, 0.1) is 6.54 Å². The number of imidazole rings is 1. The second kappa shape index (κ2) is 5.66. The van der Waals surface area contributed by atoms with Crippen molar-refractivity contribution >= 4 is 11.9 Å². The number of hydrogen-bond acceptors (Lipinski definition) is 3. The fraction of sp³-hybridized carbons (Fsp3) is 0.125. The number of hydrogen-bond donors (Lipinski definition) is 1. The van der Waals surface area contributed by atoms with E-state index in [1.165, 1.54) is 0 Å². The first kappa shape index (κ1) is 13.2. The molecule has 106 valence electrons. The van der Waals surface area contributed by atoms with Crippen LogP contribution in [0.4, 0.5) is 5.69 Å². The van der Waals surface area contributed by atoms with E-state index < -0.39 is 0 Å². The molecule has 2 heterocycles. The van der Waals surface area contributed by atoms with Crippen LogP contribution in [0.3, 0.4) is 0 Å². The Balaban J connectivity index is 1.78. The van der Waals surface area contributed by atoms with Crippen molar-refractivity contribution in [3.63, 3.8) is 0 Å². The number of rotatable bonds is 4. The molecule has 1 aromatic carbocycles. The Kier molecular flexibility index (Phi) is 3.55. The lowest BCUT2D eigenvalue weighted by Gasteiger charge is -2.00. The zero-order valence-electron chi connectivity index (χ0n) is 11.7. The van der Waals surface area contributed by atoms with Gasteiger partial charge in [-0.25, -0.2) is 4.98 Å². The Labute approximate surface area is 122 Å². The molecule has 0 aliphatic heterocycles. The average Bonchev–Trinajstić information content (AvgIpc) is 3.10. The lowest BCUT2D eigenvalue weighted by molar-refractivity contribution is -0.709. The minimum atomic E-state index is 0.592. The molecule has 2 aromatic heterocycles. The molecule has 0 amide bonds. The van der Waals surface area contributed by atoms with Crippen LogP contribution in [0.15, 0.2) is 59.3 Å². The molecule has 3 rings (SSSR count). The molecule has 5 heteroatoms. The first-order chi connectivity index (χ1) is 10.2. The largest absolute Gasteiger partial charge is 0.453 e. The van der Waals surface area contributed by atoms with Crippen LogP contribution in [-0.2, 0) is 6.54 Å². The Morgan fingerprint density at radius 3 is 2.76 bits per heavy atom. The van der Waals surface area contributed by atoms with E-state index >= 15 is 0 Å². The monoisotopic (exact) mass is 282 g/mol. The smallest absolute Gasteiger partial charge is 0.265 e. The van der Waals surface area contributed by atoms with Crippen molar-refractivity contribution in [2.24, 2.45) is 0 Å². The summed E-state index contributed by atoms with van der Waals surface area (Å²) in [6.45, 7) is 2.57. The fourth-order valence-electron chi connectivity index (χ4n) is 2.06. The first-order valence-electron chi connectivity index (χ1n) is 6.67. The lowest BCUT2D eigenvalue weighted by Crippen LogP contribution is -2.01. The zero-order valence-corrected chi connectivity index (χ0v) is 11.7. The molecule has 0 radical (unpaired) electrons. The number of aromatic nitrogens is 2. The fourth-order valence-corrected chi connectivity index (χ4v) is 2.06. The van der Waals surface area contributed by atoms with Crippen molar-refractivity contribution in [2.45, 2.75) is 13.5 Å². The third-order valence-electron chi connectivity index (χ3n) is 3.20. The number of nitrogens with zero attached hydrogens (tertiary/aromatic N) is 3. The summed E-state index contributed by atoms with van der Waals surface area (Å²) in [4.78, 5) is 4.17. The molecule has 0 fully saturated rings. The van der Waals surface area contributed by atoms with E-state index in [1.54, 1.807) is 12.4 Å². The van der Waals surface area contributed by atoms with Crippen LogP contribution < -0.4 is 0 Å². The van der Waals surface area contributed by atoms with Gasteiger partial charge in [0.25, 0.3) is 11.9 Å². The highest BCUT2D eigenvalue weighted by molar-refractivity contribution is 5.72. The molecule has 21 heavy (non-hydrogen) atoms. The van der Waals surface area contributed by atoms with Crippen LogP contribution in [0.25, 0.3) is 0 Å². The molecular formula is C16H16N3O2+. The van der Waals surface area contributed by atoms with Crippen LogP contribution in [0, 0.1) is 6.92 Å². The zero-order chi connectivity index (χ0) is 14.7. The lowest BCUT2D eigenvalue weighted by atomic mass is 10.3. The summed E-state index contributed by atoms with van der Waals surface area (Å²) >= 11 is 0. The van der Waals surface area contributed by atoms with Crippen LogP contribution in [0.2, 0.25) is 0 Å². The molecule has 0 saturated heterocycles. The van der Waals surface area contributed by atoms with Crippen molar-refractivity contribution in [2.75, 3.05) is 0 Å². The second-order valence-electron chi connectivity index (χ2n) is 4.72. The van der Waals surface area contributed by atoms with Crippen molar-refractivity contribution < 1.29 is 14.4 Å². The highest BCUT2D eigenvalue weighted by Gasteiger charge is 2.10. The van der Waals surface area contributed by atoms with Gasteiger partial charge in [0, 0.05) is 29.3 Å². The van der Waals surface area contributed by atoms with Gasteiger partial charge in [-0.05, 0) is 19.1 Å². The molecule has 0 saturated carbocycles. The summed E-state index contributed by atoms with van der Waals surface area (Å²) in [6, 6.07) is 13.0. The van der Waals surface area contributed by atoms with Crippen LogP contribution in [0.1, 0.15) is 17.3 Å². The van der Waals surface area contributed by atoms with Gasteiger partial charge in [0.2, 0.25) is 0 Å². The molecule has 1 N–H and O–H groups in total. The van der Waals surface area contributed by atoms with Crippen LogP contribution in [0.5, 0.6) is 0 Å². The summed E-state index contributed by atoms with van der Waals surface area (Å²) in [6.07, 6.45) is 5.21. The summed E-state index contributed by atoms with van der Waals surface area (Å²) < 4.78 is 8.74. The van der Waals surface area contributed by atoms with Crippen molar-refractivity contribution in [3.8, 4) is 0 Å². The summed E-state index contributed by atoms with van der Waals surface area (Å²) in [7, 11) is 0. The maximum Gasteiger partial charge on any atom is 0.265 e. The van der Waals surface area contributed by atoms with Gasteiger partial charge in [0.1, 0.15) is 11.6 Å². The predicted molar refractivity (Wildman–Crippen MR) is 78.1 cm³/mol. The number of aryl methyl sites for hydroxylation is 1. The van der Waals surface area contributed by atoms with E-state index in [0.717, 1.165) is 16.3 Å².